The summed E-state index contributed by atoms with van der Waals surface area (Å²) in [5, 5.41) is 2.12. The molecule has 3 aromatic heterocycles. The quantitative estimate of drug-likeness (QED) is 0.153. The summed E-state index contributed by atoms with van der Waals surface area (Å²) in [5.41, 5.74) is 13.3. The molecule has 0 aliphatic heterocycles. The summed E-state index contributed by atoms with van der Waals surface area (Å²) in [6, 6.07) is 72.2. The van der Waals surface area contributed by atoms with Gasteiger partial charge in [-0.2, -0.15) is 0 Å². The standard InChI is InChI=1S/C55H35N5O/c1-5-16-37(17-6-1)48-35-49(57-52(56-48)38-18-7-2-8-19-38)43-25-13-24-42(34-43)45-27-15-29-47-46-28-14-26-44(50(46)61-51(45)47)36-30-32-41(33-31-36)55-59-53(39-20-9-3-10-21-39)58-54(60-55)40-22-11-4-12-23-40/h1-35H. The summed E-state index contributed by atoms with van der Waals surface area (Å²) in [6.07, 6.45) is 0. The lowest BCUT2D eigenvalue weighted by Crippen LogP contribution is -2.00. The number of benzene rings is 8. The molecule has 0 saturated heterocycles. The maximum absolute atomic E-state index is 6.91. The van der Waals surface area contributed by atoms with Gasteiger partial charge in [-0.05, 0) is 23.3 Å². The first-order valence-corrected chi connectivity index (χ1v) is 20.2. The van der Waals surface area contributed by atoms with E-state index in [4.69, 9.17) is 29.3 Å². The predicted octanol–water partition coefficient (Wildman–Crippen LogP) is 13.9. The van der Waals surface area contributed by atoms with Crippen LogP contribution in [-0.4, -0.2) is 24.9 Å². The van der Waals surface area contributed by atoms with Crippen LogP contribution in [0.25, 0.3) is 112 Å². The molecule has 11 rings (SSSR count). The molecule has 0 atom stereocenters. The normalized spacial score (nSPS) is 11.3. The average molecular weight is 782 g/mol. The van der Waals surface area contributed by atoms with E-state index in [-0.39, 0.29) is 0 Å². The lowest BCUT2D eigenvalue weighted by Gasteiger charge is -2.11. The van der Waals surface area contributed by atoms with E-state index >= 15 is 0 Å². The zero-order chi connectivity index (χ0) is 40.5. The predicted molar refractivity (Wildman–Crippen MR) is 246 cm³/mol. The van der Waals surface area contributed by atoms with E-state index in [9.17, 15) is 0 Å². The van der Waals surface area contributed by atoms with Crippen LogP contribution < -0.4 is 0 Å². The molecule has 0 unspecified atom stereocenters. The molecule has 0 bridgehead atoms. The van der Waals surface area contributed by atoms with Crippen LogP contribution in [0.1, 0.15) is 0 Å². The monoisotopic (exact) mass is 781 g/mol. The van der Waals surface area contributed by atoms with Crippen LogP contribution in [0.2, 0.25) is 0 Å². The second-order valence-electron chi connectivity index (χ2n) is 14.9. The van der Waals surface area contributed by atoms with Crippen molar-refractivity contribution in [3.05, 3.63) is 212 Å². The van der Waals surface area contributed by atoms with Gasteiger partial charge in [0.15, 0.2) is 23.3 Å². The van der Waals surface area contributed by atoms with E-state index in [1.54, 1.807) is 0 Å². The van der Waals surface area contributed by atoms with Gasteiger partial charge in [0.25, 0.3) is 0 Å². The lowest BCUT2D eigenvalue weighted by molar-refractivity contribution is 0.671. The van der Waals surface area contributed by atoms with Gasteiger partial charge < -0.3 is 4.42 Å². The number of para-hydroxylation sites is 2. The molecule has 0 saturated carbocycles. The maximum Gasteiger partial charge on any atom is 0.164 e. The van der Waals surface area contributed by atoms with E-state index in [0.717, 1.165) is 89.0 Å². The number of hydrogen-bond donors (Lipinski definition) is 0. The Kier molecular flexibility index (Phi) is 9.06. The third-order valence-corrected chi connectivity index (χ3v) is 11.0. The molecule has 0 amide bonds. The summed E-state index contributed by atoms with van der Waals surface area (Å²) in [4.78, 5) is 24.8. The first-order chi connectivity index (χ1) is 30.2. The Hall–Kier alpha value is -8.35. The van der Waals surface area contributed by atoms with Gasteiger partial charge in [0.2, 0.25) is 0 Å². The van der Waals surface area contributed by atoms with Crippen molar-refractivity contribution in [1.82, 2.24) is 24.9 Å². The molecule has 3 heterocycles. The van der Waals surface area contributed by atoms with Crippen molar-refractivity contribution >= 4 is 21.9 Å². The Bertz CT molecular complexity index is 3220. The molecule has 8 aromatic carbocycles. The second-order valence-corrected chi connectivity index (χ2v) is 14.9. The van der Waals surface area contributed by atoms with Gasteiger partial charge in [-0.25, -0.2) is 24.9 Å². The number of rotatable bonds is 8. The van der Waals surface area contributed by atoms with E-state index in [1.807, 2.05) is 109 Å². The molecular weight excluding hydrogens is 747 g/mol. The zero-order valence-electron chi connectivity index (χ0n) is 32.9. The average Bonchev–Trinajstić information content (AvgIpc) is 3.74. The van der Waals surface area contributed by atoms with Gasteiger partial charge in [0.1, 0.15) is 11.2 Å². The summed E-state index contributed by atoms with van der Waals surface area (Å²) >= 11 is 0. The van der Waals surface area contributed by atoms with Crippen LogP contribution in [-0.2, 0) is 0 Å². The van der Waals surface area contributed by atoms with Crippen molar-refractivity contribution < 1.29 is 4.42 Å². The van der Waals surface area contributed by atoms with E-state index in [0.29, 0.717) is 23.3 Å². The van der Waals surface area contributed by atoms with Crippen molar-refractivity contribution in [2.24, 2.45) is 0 Å². The molecule has 0 aliphatic rings. The van der Waals surface area contributed by atoms with Gasteiger partial charge in [-0.1, -0.05) is 200 Å². The van der Waals surface area contributed by atoms with E-state index < -0.39 is 0 Å². The molecule has 286 valence electrons. The number of aromatic nitrogens is 5. The third kappa shape index (κ3) is 6.92. The molecule has 11 aromatic rings. The number of furan rings is 1. The topological polar surface area (TPSA) is 77.6 Å². The molecule has 61 heavy (non-hydrogen) atoms. The lowest BCUT2D eigenvalue weighted by atomic mass is 9.98. The van der Waals surface area contributed by atoms with Crippen molar-refractivity contribution in [2.75, 3.05) is 0 Å². The van der Waals surface area contributed by atoms with Gasteiger partial charge in [0.05, 0.1) is 11.4 Å². The SMILES string of the molecule is c1ccc(-c2cc(-c3cccc(-c4cccc5c4oc4c(-c6ccc(-c7nc(-c8ccccc8)nc(-c8ccccc8)n7)cc6)cccc45)c3)nc(-c3ccccc3)n2)cc1. The van der Waals surface area contributed by atoms with Crippen LogP contribution in [0.15, 0.2) is 217 Å². The van der Waals surface area contributed by atoms with Gasteiger partial charge in [-0.15, -0.1) is 0 Å². The number of nitrogens with zero attached hydrogens (tertiary/aromatic N) is 5. The van der Waals surface area contributed by atoms with E-state index in [2.05, 4.69) is 103 Å². The summed E-state index contributed by atoms with van der Waals surface area (Å²) < 4.78 is 6.91. The minimum atomic E-state index is 0.614. The van der Waals surface area contributed by atoms with E-state index in [1.165, 1.54) is 0 Å². The summed E-state index contributed by atoms with van der Waals surface area (Å²) in [7, 11) is 0. The number of hydrogen-bond acceptors (Lipinski definition) is 6. The maximum atomic E-state index is 6.91. The zero-order valence-corrected chi connectivity index (χ0v) is 32.9. The fourth-order valence-electron chi connectivity index (χ4n) is 7.93. The molecular formula is C55H35N5O. The minimum absolute atomic E-state index is 0.614. The van der Waals surface area contributed by atoms with Crippen LogP contribution in [0.4, 0.5) is 0 Å². The van der Waals surface area contributed by atoms with Crippen LogP contribution >= 0.6 is 0 Å². The van der Waals surface area contributed by atoms with Crippen molar-refractivity contribution in [3.63, 3.8) is 0 Å². The fraction of sp³-hybridized carbons (Fsp3) is 0. The molecule has 0 spiro atoms. The molecule has 0 radical (unpaired) electrons. The first-order valence-electron chi connectivity index (χ1n) is 20.2. The minimum Gasteiger partial charge on any atom is -0.455 e. The largest absolute Gasteiger partial charge is 0.455 e. The highest BCUT2D eigenvalue weighted by Gasteiger charge is 2.18. The Morgan fingerprint density at radius 1 is 0.246 bits per heavy atom. The molecule has 0 N–H and O–H groups in total. The van der Waals surface area contributed by atoms with Gasteiger partial charge in [0, 0.05) is 55.3 Å². The Morgan fingerprint density at radius 3 is 1.11 bits per heavy atom. The van der Waals surface area contributed by atoms with Crippen LogP contribution in [0.5, 0.6) is 0 Å². The summed E-state index contributed by atoms with van der Waals surface area (Å²) in [6.45, 7) is 0. The highest BCUT2D eigenvalue weighted by Crippen LogP contribution is 2.41. The molecule has 0 aliphatic carbocycles. The smallest absolute Gasteiger partial charge is 0.164 e. The first kappa shape index (κ1) is 35.8. The molecule has 6 heteroatoms. The fourth-order valence-corrected chi connectivity index (χ4v) is 7.93. The second kappa shape index (κ2) is 15.4. The molecule has 6 nitrogen and oxygen atoms in total. The highest BCUT2D eigenvalue weighted by molar-refractivity contribution is 6.13. The van der Waals surface area contributed by atoms with Gasteiger partial charge in [-0.3, -0.25) is 0 Å². The Morgan fingerprint density at radius 2 is 0.607 bits per heavy atom. The number of fused-ring (bicyclic) bond motifs is 3. The van der Waals surface area contributed by atoms with Crippen molar-refractivity contribution in [1.29, 1.82) is 0 Å². The van der Waals surface area contributed by atoms with Crippen molar-refractivity contribution in [3.8, 4) is 90.3 Å². The third-order valence-electron chi connectivity index (χ3n) is 11.0. The Labute approximate surface area is 352 Å². The van der Waals surface area contributed by atoms with Crippen molar-refractivity contribution in [2.45, 2.75) is 0 Å². The Balaban J connectivity index is 0.972. The van der Waals surface area contributed by atoms with Gasteiger partial charge >= 0.3 is 0 Å². The van der Waals surface area contributed by atoms with Crippen LogP contribution in [0.3, 0.4) is 0 Å². The summed E-state index contributed by atoms with van der Waals surface area (Å²) in [5.74, 6) is 2.56. The highest BCUT2D eigenvalue weighted by atomic mass is 16.3. The van der Waals surface area contributed by atoms with Crippen LogP contribution in [0, 0.1) is 0 Å². The molecule has 0 fully saturated rings.